The highest BCUT2D eigenvalue weighted by Crippen LogP contribution is 2.46. The summed E-state index contributed by atoms with van der Waals surface area (Å²) in [6, 6.07) is 0. The van der Waals surface area contributed by atoms with Gasteiger partial charge in [-0.1, -0.05) is 79.6 Å². The molecule has 0 aromatic carbocycles. The first-order valence-electron chi connectivity index (χ1n) is 14.4. The quantitative estimate of drug-likeness (QED) is 0.254. The molecule has 3 nitrogen and oxygen atoms in total. The van der Waals surface area contributed by atoms with Crippen molar-refractivity contribution in [2.45, 2.75) is 151 Å². The fourth-order valence-electron chi connectivity index (χ4n) is 5.99. The number of allylic oxidation sites excluding steroid dienone is 1. The first kappa shape index (κ1) is 29.4. The molecule has 1 heterocycles. The number of hydrogen-bond donors (Lipinski definition) is 1. The summed E-state index contributed by atoms with van der Waals surface area (Å²) in [5.74, 6) is 3.90. The second kappa shape index (κ2) is 13.5. The van der Waals surface area contributed by atoms with Gasteiger partial charge in [0.1, 0.15) is 11.4 Å². The van der Waals surface area contributed by atoms with Gasteiger partial charge in [0.05, 0.1) is 6.10 Å². The second-order valence-corrected chi connectivity index (χ2v) is 12.5. The Hall–Kier alpha value is -0.800. The maximum absolute atomic E-state index is 9.79. The number of ether oxygens (including phenoxy) is 2. The number of rotatable bonds is 14. The maximum atomic E-state index is 9.79. The van der Waals surface area contributed by atoms with Crippen molar-refractivity contribution in [3.05, 3.63) is 22.5 Å². The van der Waals surface area contributed by atoms with E-state index >= 15 is 0 Å². The summed E-state index contributed by atoms with van der Waals surface area (Å²) < 4.78 is 12.6. The predicted octanol–water partition coefficient (Wildman–Crippen LogP) is 8.96. The van der Waals surface area contributed by atoms with Crippen molar-refractivity contribution >= 4 is 0 Å². The molecular weight excluding hydrogens is 420 g/mol. The zero-order valence-electron chi connectivity index (χ0n) is 24.0. The van der Waals surface area contributed by atoms with Gasteiger partial charge in [0.2, 0.25) is 0 Å². The van der Waals surface area contributed by atoms with Crippen LogP contribution in [0.1, 0.15) is 133 Å². The van der Waals surface area contributed by atoms with Crippen molar-refractivity contribution in [2.75, 3.05) is 0 Å². The molecule has 3 unspecified atom stereocenters. The third-order valence-corrected chi connectivity index (χ3v) is 8.54. The highest BCUT2D eigenvalue weighted by atomic mass is 16.6. The van der Waals surface area contributed by atoms with Gasteiger partial charge in [-0.3, -0.25) is 0 Å². The Balaban J connectivity index is 1.77. The fourth-order valence-corrected chi connectivity index (χ4v) is 5.99. The number of aliphatic hydroxyl groups excluding tert-OH is 1. The van der Waals surface area contributed by atoms with Crippen LogP contribution in [0.3, 0.4) is 0 Å². The Labute approximate surface area is 211 Å². The van der Waals surface area contributed by atoms with E-state index in [1.54, 1.807) is 6.92 Å². The molecule has 198 valence electrons. The van der Waals surface area contributed by atoms with Gasteiger partial charge in [0.15, 0.2) is 6.29 Å². The molecule has 3 heteroatoms. The van der Waals surface area contributed by atoms with Gasteiger partial charge < -0.3 is 14.6 Å². The van der Waals surface area contributed by atoms with Crippen molar-refractivity contribution < 1.29 is 14.6 Å². The van der Waals surface area contributed by atoms with Crippen molar-refractivity contribution in [3.8, 4) is 0 Å². The van der Waals surface area contributed by atoms with E-state index in [2.05, 4.69) is 55.4 Å². The van der Waals surface area contributed by atoms with E-state index in [1.807, 2.05) is 0 Å². The SMILES string of the molecule is CC1=C(C)C(OC(C)O)C(C)C2=C1O[C@](C)(CCC[C@H](C)CCC[C@H](C)CCCC(C)C)CC2. The lowest BCUT2D eigenvalue weighted by Gasteiger charge is -2.44. The van der Waals surface area contributed by atoms with E-state index in [4.69, 9.17) is 9.47 Å². The van der Waals surface area contributed by atoms with Crippen LogP contribution in [0, 0.1) is 23.7 Å². The third-order valence-electron chi connectivity index (χ3n) is 8.54. The van der Waals surface area contributed by atoms with Crippen LogP contribution in [0.5, 0.6) is 0 Å². The molecule has 1 N–H and O–H groups in total. The Morgan fingerprint density at radius 2 is 1.50 bits per heavy atom. The lowest BCUT2D eigenvalue weighted by Crippen LogP contribution is -2.39. The summed E-state index contributed by atoms with van der Waals surface area (Å²) in [4.78, 5) is 0. The van der Waals surface area contributed by atoms with Gasteiger partial charge in [0, 0.05) is 5.92 Å². The molecule has 2 aliphatic rings. The third kappa shape index (κ3) is 8.70. The molecule has 0 saturated carbocycles. The first-order valence-corrected chi connectivity index (χ1v) is 14.4. The van der Waals surface area contributed by atoms with Crippen LogP contribution in [0.15, 0.2) is 22.5 Å². The Morgan fingerprint density at radius 3 is 2.06 bits per heavy atom. The Bertz CT molecular complexity index is 689. The topological polar surface area (TPSA) is 38.7 Å². The van der Waals surface area contributed by atoms with Crippen LogP contribution in [-0.2, 0) is 9.47 Å². The number of aliphatic hydroxyl groups is 1. The summed E-state index contributed by atoms with van der Waals surface area (Å²) in [6.45, 7) is 20.1. The van der Waals surface area contributed by atoms with E-state index in [1.165, 1.54) is 68.1 Å². The van der Waals surface area contributed by atoms with E-state index in [9.17, 15) is 5.11 Å². The molecule has 34 heavy (non-hydrogen) atoms. The molecule has 0 saturated heterocycles. The highest BCUT2D eigenvalue weighted by molar-refractivity contribution is 5.42. The highest BCUT2D eigenvalue weighted by Gasteiger charge is 2.40. The molecule has 1 aliphatic heterocycles. The monoisotopic (exact) mass is 476 g/mol. The van der Waals surface area contributed by atoms with Gasteiger partial charge >= 0.3 is 0 Å². The molecule has 0 aromatic heterocycles. The van der Waals surface area contributed by atoms with E-state index in [-0.39, 0.29) is 17.6 Å². The van der Waals surface area contributed by atoms with Crippen molar-refractivity contribution in [1.29, 1.82) is 0 Å². The van der Waals surface area contributed by atoms with Gasteiger partial charge in [-0.15, -0.1) is 0 Å². The van der Waals surface area contributed by atoms with E-state index in [0.29, 0.717) is 0 Å². The summed E-state index contributed by atoms with van der Waals surface area (Å²) >= 11 is 0. The standard InChI is InChI=1S/C31H56O3/c1-21(2)13-10-14-22(3)15-11-16-23(4)17-12-19-31(9)20-18-28-26(7)29(33-27(8)32)24(5)25(6)30(28)34-31/h21-23,26-27,29,32H,10-20H2,1-9H3/t22-,23-,26?,27?,29?,31-/m1/s1. The van der Waals surface area contributed by atoms with Crippen molar-refractivity contribution in [1.82, 2.24) is 0 Å². The van der Waals surface area contributed by atoms with E-state index < -0.39 is 6.29 Å². The maximum Gasteiger partial charge on any atom is 0.152 e. The first-order chi connectivity index (χ1) is 15.9. The second-order valence-electron chi connectivity index (χ2n) is 12.5. The lowest BCUT2D eigenvalue weighted by molar-refractivity contribution is -0.126. The molecular formula is C31H56O3. The van der Waals surface area contributed by atoms with Crippen LogP contribution in [-0.4, -0.2) is 23.1 Å². The molecule has 1 aliphatic carbocycles. The van der Waals surface area contributed by atoms with Crippen LogP contribution in [0.2, 0.25) is 0 Å². The molecule has 0 spiro atoms. The minimum atomic E-state index is -0.748. The summed E-state index contributed by atoms with van der Waals surface area (Å²) in [7, 11) is 0. The Kier molecular flexibility index (Phi) is 11.7. The summed E-state index contributed by atoms with van der Waals surface area (Å²) in [6.07, 6.45) is 13.3. The average Bonchev–Trinajstić information content (AvgIpc) is 2.74. The molecule has 0 fully saturated rings. The minimum absolute atomic E-state index is 0.0505. The molecule has 0 radical (unpaired) electrons. The van der Waals surface area contributed by atoms with Crippen LogP contribution in [0.25, 0.3) is 0 Å². The Morgan fingerprint density at radius 1 is 0.941 bits per heavy atom. The number of hydrogen-bond acceptors (Lipinski definition) is 3. The van der Waals surface area contributed by atoms with Gasteiger partial charge in [0.25, 0.3) is 0 Å². The molecule has 0 bridgehead atoms. The summed E-state index contributed by atoms with van der Waals surface area (Å²) in [5, 5.41) is 9.79. The zero-order chi connectivity index (χ0) is 25.5. The molecule has 6 atom stereocenters. The average molecular weight is 477 g/mol. The van der Waals surface area contributed by atoms with Gasteiger partial charge in [-0.2, -0.15) is 0 Å². The normalized spacial score (nSPS) is 28.1. The molecule has 0 amide bonds. The minimum Gasteiger partial charge on any atom is -0.487 e. The van der Waals surface area contributed by atoms with Crippen LogP contribution >= 0.6 is 0 Å². The lowest BCUT2D eigenvalue weighted by atomic mass is 9.76. The molecule has 2 rings (SSSR count). The zero-order valence-corrected chi connectivity index (χ0v) is 24.0. The predicted molar refractivity (Wildman–Crippen MR) is 145 cm³/mol. The fraction of sp³-hybridized carbons (Fsp3) is 0.871. The smallest absolute Gasteiger partial charge is 0.152 e. The van der Waals surface area contributed by atoms with Crippen molar-refractivity contribution in [3.63, 3.8) is 0 Å². The molecule has 0 aromatic rings. The van der Waals surface area contributed by atoms with Crippen LogP contribution < -0.4 is 0 Å². The van der Waals surface area contributed by atoms with Crippen molar-refractivity contribution in [2.24, 2.45) is 23.7 Å². The van der Waals surface area contributed by atoms with E-state index in [0.717, 1.165) is 42.8 Å². The van der Waals surface area contributed by atoms with Gasteiger partial charge in [-0.25, -0.2) is 0 Å². The largest absolute Gasteiger partial charge is 0.487 e. The van der Waals surface area contributed by atoms with Crippen LogP contribution in [0.4, 0.5) is 0 Å². The van der Waals surface area contributed by atoms with Gasteiger partial charge in [-0.05, 0) is 87.9 Å². The summed E-state index contributed by atoms with van der Waals surface area (Å²) in [5.41, 5.74) is 3.72.